The predicted molar refractivity (Wildman–Crippen MR) is 94.2 cm³/mol. The summed E-state index contributed by atoms with van der Waals surface area (Å²) < 4.78 is 18.3. The molecule has 0 spiro atoms. The summed E-state index contributed by atoms with van der Waals surface area (Å²) in [6.45, 7) is 3.27. The second kappa shape index (κ2) is 9.61. The van der Waals surface area contributed by atoms with Crippen molar-refractivity contribution in [2.75, 3.05) is 26.2 Å². The first-order valence-corrected chi connectivity index (χ1v) is 7.41. The van der Waals surface area contributed by atoms with Crippen LogP contribution in [0.15, 0.2) is 34.9 Å². The molecule has 1 amide bonds. The number of halogens is 3. The molecule has 0 atom stereocenters. The van der Waals surface area contributed by atoms with Gasteiger partial charge in [-0.1, -0.05) is 0 Å². The number of carbonyl (C=O) groups excluding carboxylic acids is 1. The summed E-state index contributed by atoms with van der Waals surface area (Å²) in [5.41, 5.74) is 1.29. The van der Waals surface area contributed by atoms with Gasteiger partial charge in [-0.15, -0.1) is 24.8 Å². The summed E-state index contributed by atoms with van der Waals surface area (Å²) in [5.74, 6) is 0.156. The van der Waals surface area contributed by atoms with Gasteiger partial charge in [-0.25, -0.2) is 9.37 Å². The van der Waals surface area contributed by atoms with Crippen LogP contribution in [0.2, 0.25) is 0 Å². The number of hydrogen-bond donors (Lipinski definition) is 1. The zero-order chi connectivity index (χ0) is 15.4. The van der Waals surface area contributed by atoms with E-state index in [0.29, 0.717) is 17.1 Å². The number of carbonyl (C=O) groups is 1. The summed E-state index contributed by atoms with van der Waals surface area (Å²) in [6.07, 6.45) is 2.68. The van der Waals surface area contributed by atoms with E-state index in [4.69, 9.17) is 4.42 Å². The van der Waals surface area contributed by atoms with Crippen LogP contribution < -0.4 is 5.32 Å². The maximum Gasteiger partial charge on any atom is 0.228 e. The van der Waals surface area contributed by atoms with Crippen molar-refractivity contribution in [3.05, 3.63) is 42.0 Å². The minimum absolute atomic E-state index is 0. The molecule has 0 saturated carbocycles. The van der Waals surface area contributed by atoms with Crippen LogP contribution in [0.4, 0.5) is 4.39 Å². The number of oxazole rings is 1. The molecule has 24 heavy (non-hydrogen) atoms. The van der Waals surface area contributed by atoms with Crippen LogP contribution in [-0.4, -0.2) is 42.0 Å². The fraction of sp³-hybridized carbons (Fsp3) is 0.375. The molecule has 2 heterocycles. The molecule has 0 unspecified atom stereocenters. The van der Waals surface area contributed by atoms with Gasteiger partial charge in [0.2, 0.25) is 11.8 Å². The largest absolute Gasteiger partial charge is 0.444 e. The Morgan fingerprint density at radius 2 is 1.96 bits per heavy atom. The highest BCUT2D eigenvalue weighted by atomic mass is 35.5. The van der Waals surface area contributed by atoms with Crippen molar-refractivity contribution in [3.63, 3.8) is 0 Å². The van der Waals surface area contributed by atoms with Gasteiger partial charge in [-0.05, 0) is 37.2 Å². The fourth-order valence-corrected chi connectivity index (χ4v) is 2.48. The van der Waals surface area contributed by atoms with Gasteiger partial charge in [-0.2, -0.15) is 0 Å². The highest BCUT2D eigenvalue weighted by Crippen LogP contribution is 2.19. The number of nitrogens with one attached hydrogen (secondary N) is 1. The molecule has 1 aromatic carbocycles. The van der Waals surface area contributed by atoms with Gasteiger partial charge in [-0.3, -0.25) is 4.79 Å². The standard InChI is InChI=1S/C16H18FN3O2.2ClH/c17-13-4-2-12(3-5-13)16-19-14(11-22-16)10-15(21)20-8-1-6-18-7-9-20;;/h2-5,11,18H,1,6-10H2;2*1H. The Balaban J connectivity index is 0.00000144. The number of hydrogen-bond acceptors (Lipinski definition) is 4. The Kier molecular flexibility index (Phi) is 8.18. The predicted octanol–water partition coefficient (Wildman–Crippen LogP) is 2.69. The van der Waals surface area contributed by atoms with Crippen molar-refractivity contribution in [3.8, 4) is 11.5 Å². The summed E-state index contributed by atoms with van der Waals surface area (Å²) >= 11 is 0. The molecule has 132 valence electrons. The van der Waals surface area contributed by atoms with E-state index in [1.165, 1.54) is 18.4 Å². The van der Waals surface area contributed by atoms with Crippen LogP contribution in [-0.2, 0) is 11.2 Å². The minimum Gasteiger partial charge on any atom is -0.444 e. The van der Waals surface area contributed by atoms with Crippen molar-refractivity contribution in [2.45, 2.75) is 12.8 Å². The first kappa shape index (κ1) is 20.4. The SMILES string of the molecule is Cl.Cl.O=C(Cc1coc(-c2ccc(F)cc2)n1)N1CCCNCC1. The Bertz CT molecular complexity index is 641. The van der Waals surface area contributed by atoms with Crippen LogP contribution in [0.5, 0.6) is 0 Å². The maximum absolute atomic E-state index is 12.9. The van der Waals surface area contributed by atoms with E-state index in [-0.39, 0.29) is 43.0 Å². The molecule has 1 aliphatic rings. The molecule has 1 fully saturated rings. The lowest BCUT2D eigenvalue weighted by atomic mass is 10.2. The van der Waals surface area contributed by atoms with Gasteiger partial charge in [0.15, 0.2) is 0 Å². The van der Waals surface area contributed by atoms with E-state index in [1.54, 1.807) is 12.1 Å². The van der Waals surface area contributed by atoms with Crippen LogP contribution >= 0.6 is 24.8 Å². The first-order valence-electron chi connectivity index (χ1n) is 7.41. The van der Waals surface area contributed by atoms with Crippen LogP contribution in [0.25, 0.3) is 11.5 Å². The average molecular weight is 376 g/mol. The Labute approximate surface area is 152 Å². The summed E-state index contributed by atoms with van der Waals surface area (Å²) in [4.78, 5) is 18.4. The Hall–Kier alpha value is -1.63. The van der Waals surface area contributed by atoms with Crippen LogP contribution in [0.3, 0.4) is 0 Å². The monoisotopic (exact) mass is 375 g/mol. The zero-order valence-corrected chi connectivity index (χ0v) is 14.7. The Morgan fingerprint density at radius 1 is 1.21 bits per heavy atom. The minimum atomic E-state index is -0.305. The van der Waals surface area contributed by atoms with Gasteiger partial charge >= 0.3 is 0 Å². The van der Waals surface area contributed by atoms with Crippen LogP contribution in [0.1, 0.15) is 12.1 Å². The third-order valence-electron chi connectivity index (χ3n) is 3.67. The van der Waals surface area contributed by atoms with E-state index < -0.39 is 0 Å². The van der Waals surface area contributed by atoms with E-state index >= 15 is 0 Å². The highest BCUT2D eigenvalue weighted by Gasteiger charge is 2.17. The molecular weight excluding hydrogens is 356 g/mol. The molecule has 8 heteroatoms. The lowest BCUT2D eigenvalue weighted by molar-refractivity contribution is -0.130. The highest BCUT2D eigenvalue weighted by molar-refractivity contribution is 5.85. The normalized spacial score (nSPS) is 14.3. The number of benzene rings is 1. The first-order chi connectivity index (χ1) is 10.7. The summed E-state index contributed by atoms with van der Waals surface area (Å²) in [5, 5.41) is 3.27. The molecule has 1 aromatic heterocycles. The molecule has 0 aliphatic carbocycles. The second-order valence-electron chi connectivity index (χ2n) is 5.31. The van der Waals surface area contributed by atoms with Gasteiger partial charge < -0.3 is 14.6 Å². The van der Waals surface area contributed by atoms with E-state index in [0.717, 1.165) is 32.6 Å². The molecule has 5 nitrogen and oxygen atoms in total. The smallest absolute Gasteiger partial charge is 0.228 e. The molecule has 1 N–H and O–H groups in total. The zero-order valence-electron chi connectivity index (χ0n) is 13.0. The van der Waals surface area contributed by atoms with Crippen molar-refractivity contribution in [1.29, 1.82) is 0 Å². The van der Waals surface area contributed by atoms with Crippen molar-refractivity contribution in [2.24, 2.45) is 0 Å². The molecule has 3 rings (SSSR count). The molecule has 0 bridgehead atoms. The molecular formula is C16H20Cl2FN3O2. The lowest BCUT2D eigenvalue weighted by Gasteiger charge is -2.19. The number of rotatable bonds is 3. The van der Waals surface area contributed by atoms with E-state index in [9.17, 15) is 9.18 Å². The number of amides is 1. The quantitative estimate of drug-likeness (QED) is 0.895. The molecule has 0 radical (unpaired) electrons. The summed E-state index contributed by atoms with van der Waals surface area (Å²) in [6, 6.07) is 5.92. The van der Waals surface area contributed by atoms with E-state index in [2.05, 4.69) is 10.3 Å². The van der Waals surface area contributed by atoms with Crippen molar-refractivity contribution >= 4 is 30.7 Å². The van der Waals surface area contributed by atoms with Crippen molar-refractivity contribution < 1.29 is 13.6 Å². The molecule has 1 aliphatic heterocycles. The topological polar surface area (TPSA) is 58.4 Å². The number of aromatic nitrogens is 1. The van der Waals surface area contributed by atoms with Crippen molar-refractivity contribution in [1.82, 2.24) is 15.2 Å². The average Bonchev–Trinajstić information content (AvgIpc) is 2.81. The van der Waals surface area contributed by atoms with Gasteiger partial charge in [0.05, 0.1) is 12.1 Å². The van der Waals surface area contributed by atoms with E-state index in [1.807, 2.05) is 4.90 Å². The third kappa shape index (κ3) is 5.19. The van der Waals surface area contributed by atoms with Gasteiger partial charge in [0.25, 0.3) is 0 Å². The molecule has 2 aromatic rings. The fourth-order valence-electron chi connectivity index (χ4n) is 2.48. The molecule has 1 saturated heterocycles. The Morgan fingerprint density at radius 3 is 2.71 bits per heavy atom. The van der Waals surface area contributed by atoms with Crippen LogP contribution in [0, 0.1) is 5.82 Å². The second-order valence-corrected chi connectivity index (χ2v) is 5.31. The van der Waals surface area contributed by atoms with Gasteiger partial charge in [0, 0.05) is 25.2 Å². The lowest BCUT2D eigenvalue weighted by Crippen LogP contribution is -2.35. The van der Waals surface area contributed by atoms with Gasteiger partial charge in [0.1, 0.15) is 12.1 Å². The maximum atomic E-state index is 12.9. The number of nitrogens with zero attached hydrogens (tertiary/aromatic N) is 2. The third-order valence-corrected chi connectivity index (χ3v) is 3.67. The summed E-state index contributed by atoms with van der Waals surface area (Å²) in [7, 11) is 0.